The molecule has 21 heavy (non-hydrogen) atoms. The first kappa shape index (κ1) is 14.4. The van der Waals surface area contributed by atoms with E-state index >= 15 is 0 Å². The number of sulfonamides is 1. The number of pyridine rings is 1. The lowest BCUT2D eigenvalue weighted by molar-refractivity contribution is 0.349. The van der Waals surface area contributed by atoms with Crippen LogP contribution in [-0.4, -0.2) is 32.0 Å². The highest BCUT2D eigenvalue weighted by Crippen LogP contribution is 2.21. The van der Waals surface area contributed by atoms with Crippen molar-refractivity contribution in [3.8, 4) is 0 Å². The maximum Gasteiger partial charge on any atom is 0.243 e. The Morgan fingerprint density at radius 1 is 1.29 bits per heavy atom. The van der Waals surface area contributed by atoms with Crippen LogP contribution in [0.5, 0.6) is 0 Å². The standard InChI is InChI=1S/C15H19N3O2S/c1-11-13(7-4-9-16-11)18-21(19,20)14-8-2-5-12-6-3-10-17-15(12)14/h2-3,5-6,8,10-11,13,16,18H,4,7,9H2,1H3. The van der Waals surface area contributed by atoms with Gasteiger partial charge in [0.1, 0.15) is 4.90 Å². The Bertz CT molecular complexity index is 740. The molecule has 6 heteroatoms. The molecule has 2 aromatic rings. The second-order valence-corrected chi connectivity index (χ2v) is 7.13. The molecule has 2 heterocycles. The van der Waals surface area contributed by atoms with Crippen LogP contribution in [0.2, 0.25) is 0 Å². The summed E-state index contributed by atoms with van der Waals surface area (Å²) >= 11 is 0. The topological polar surface area (TPSA) is 71.1 Å². The zero-order chi connectivity index (χ0) is 14.9. The van der Waals surface area contributed by atoms with Crippen LogP contribution in [0.3, 0.4) is 0 Å². The summed E-state index contributed by atoms with van der Waals surface area (Å²) in [4.78, 5) is 4.47. The number of para-hydroxylation sites is 1. The molecule has 1 aliphatic heterocycles. The average Bonchev–Trinajstić information content (AvgIpc) is 2.49. The van der Waals surface area contributed by atoms with Crippen molar-refractivity contribution < 1.29 is 8.42 Å². The zero-order valence-corrected chi connectivity index (χ0v) is 12.7. The number of benzene rings is 1. The van der Waals surface area contributed by atoms with Gasteiger partial charge < -0.3 is 5.32 Å². The minimum absolute atomic E-state index is 0.0808. The highest BCUT2D eigenvalue weighted by Gasteiger charge is 2.27. The summed E-state index contributed by atoms with van der Waals surface area (Å²) in [5.74, 6) is 0. The summed E-state index contributed by atoms with van der Waals surface area (Å²) in [5.41, 5.74) is 0.518. The summed E-state index contributed by atoms with van der Waals surface area (Å²) in [5, 5.41) is 4.13. The van der Waals surface area contributed by atoms with Gasteiger partial charge >= 0.3 is 0 Å². The summed E-state index contributed by atoms with van der Waals surface area (Å²) in [6, 6.07) is 8.95. The molecule has 0 bridgehead atoms. The fraction of sp³-hybridized carbons (Fsp3) is 0.400. The molecule has 0 aliphatic carbocycles. The second-order valence-electron chi connectivity index (χ2n) is 5.44. The molecular formula is C15H19N3O2S. The second kappa shape index (κ2) is 5.71. The Morgan fingerprint density at radius 3 is 2.90 bits per heavy atom. The van der Waals surface area contributed by atoms with E-state index in [-0.39, 0.29) is 17.0 Å². The maximum atomic E-state index is 12.7. The average molecular weight is 305 g/mol. The molecule has 0 radical (unpaired) electrons. The summed E-state index contributed by atoms with van der Waals surface area (Å²) in [6.07, 6.45) is 3.45. The molecule has 0 amide bonds. The number of aromatic nitrogens is 1. The van der Waals surface area contributed by atoms with Gasteiger partial charge in [-0.2, -0.15) is 0 Å². The molecule has 3 rings (SSSR count). The van der Waals surface area contributed by atoms with Gasteiger partial charge in [-0.25, -0.2) is 13.1 Å². The zero-order valence-electron chi connectivity index (χ0n) is 11.9. The van der Waals surface area contributed by atoms with Crippen molar-refractivity contribution in [2.24, 2.45) is 0 Å². The van der Waals surface area contributed by atoms with E-state index in [0.29, 0.717) is 5.52 Å². The molecular weight excluding hydrogens is 286 g/mol. The van der Waals surface area contributed by atoms with Crippen LogP contribution in [-0.2, 0) is 10.0 Å². The van der Waals surface area contributed by atoms with Crippen molar-refractivity contribution >= 4 is 20.9 Å². The van der Waals surface area contributed by atoms with Gasteiger partial charge in [-0.05, 0) is 38.4 Å². The maximum absolute atomic E-state index is 12.7. The van der Waals surface area contributed by atoms with Gasteiger partial charge in [0.15, 0.2) is 0 Å². The van der Waals surface area contributed by atoms with E-state index in [1.165, 1.54) is 0 Å². The molecule has 2 atom stereocenters. The monoisotopic (exact) mass is 305 g/mol. The Labute approximate surface area is 124 Å². The van der Waals surface area contributed by atoms with Crippen LogP contribution in [0.15, 0.2) is 41.4 Å². The molecule has 0 saturated carbocycles. The number of fused-ring (bicyclic) bond motifs is 1. The highest BCUT2D eigenvalue weighted by atomic mass is 32.2. The number of hydrogen-bond donors (Lipinski definition) is 2. The van der Waals surface area contributed by atoms with Gasteiger partial charge in [0, 0.05) is 23.7 Å². The fourth-order valence-corrected chi connectivity index (χ4v) is 4.29. The molecule has 0 spiro atoms. The molecule has 1 aliphatic rings. The van der Waals surface area contributed by atoms with Gasteiger partial charge in [-0.3, -0.25) is 4.98 Å². The van der Waals surface area contributed by atoms with E-state index in [2.05, 4.69) is 15.0 Å². The Morgan fingerprint density at radius 2 is 2.10 bits per heavy atom. The van der Waals surface area contributed by atoms with Crippen LogP contribution < -0.4 is 10.0 Å². The van der Waals surface area contributed by atoms with Crippen molar-refractivity contribution in [1.82, 2.24) is 15.0 Å². The molecule has 2 unspecified atom stereocenters. The predicted octanol–water partition coefficient (Wildman–Crippen LogP) is 1.65. The molecule has 5 nitrogen and oxygen atoms in total. The molecule has 112 valence electrons. The van der Waals surface area contributed by atoms with Crippen molar-refractivity contribution in [2.75, 3.05) is 6.54 Å². The Balaban J connectivity index is 1.97. The minimum Gasteiger partial charge on any atom is -0.313 e. The summed E-state index contributed by atoms with van der Waals surface area (Å²) < 4.78 is 28.2. The van der Waals surface area contributed by atoms with Crippen molar-refractivity contribution in [1.29, 1.82) is 0 Å². The van der Waals surface area contributed by atoms with E-state index < -0.39 is 10.0 Å². The molecule has 1 aromatic heterocycles. The van der Waals surface area contributed by atoms with Crippen LogP contribution in [0.1, 0.15) is 19.8 Å². The molecule has 1 aromatic carbocycles. The van der Waals surface area contributed by atoms with E-state index in [1.807, 2.05) is 19.1 Å². The first-order chi connectivity index (χ1) is 10.1. The van der Waals surface area contributed by atoms with Crippen LogP contribution in [0.4, 0.5) is 0 Å². The van der Waals surface area contributed by atoms with Gasteiger partial charge in [0.2, 0.25) is 10.0 Å². The van der Waals surface area contributed by atoms with E-state index in [1.54, 1.807) is 24.4 Å². The van der Waals surface area contributed by atoms with Crippen molar-refractivity contribution in [2.45, 2.75) is 36.7 Å². The number of rotatable bonds is 3. The lowest BCUT2D eigenvalue weighted by Crippen LogP contribution is -2.51. The lowest BCUT2D eigenvalue weighted by Gasteiger charge is -2.30. The van der Waals surface area contributed by atoms with Gasteiger partial charge in [-0.15, -0.1) is 0 Å². The van der Waals surface area contributed by atoms with Crippen LogP contribution in [0.25, 0.3) is 10.9 Å². The summed E-state index contributed by atoms with van der Waals surface area (Å²) in [7, 11) is -3.57. The highest BCUT2D eigenvalue weighted by molar-refractivity contribution is 7.89. The SMILES string of the molecule is CC1NCCCC1NS(=O)(=O)c1cccc2cccnc12. The quantitative estimate of drug-likeness (QED) is 0.904. The smallest absolute Gasteiger partial charge is 0.243 e. The summed E-state index contributed by atoms with van der Waals surface area (Å²) in [6.45, 7) is 2.95. The Kier molecular flexibility index (Phi) is 3.93. The van der Waals surface area contributed by atoms with E-state index in [9.17, 15) is 8.42 Å². The first-order valence-corrected chi connectivity index (χ1v) is 8.66. The fourth-order valence-electron chi connectivity index (χ4n) is 2.76. The van der Waals surface area contributed by atoms with Gasteiger partial charge in [0.25, 0.3) is 0 Å². The third kappa shape index (κ3) is 2.92. The lowest BCUT2D eigenvalue weighted by atomic mass is 10.0. The number of nitrogens with one attached hydrogen (secondary N) is 2. The van der Waals surface area contributed by atoms with E-state index in [4.69, 9.17) is 0 Å². The van der Waals surface area contributed by atoms with Crippen molar-refractivity contribution in [3.63, 3.8) is 0 Å². The first-order valence-electron chi connectivity index (χ1n) is 7.17. The van der Waals surface area contributed by atoms with Crippen LogP contribution >= 0.6 is 0 Å². The molecule has 1 fully saturated rings. The normalized spacial score (nSPS) is 23.3. The molecule has 2 N–H and O–H groups in total. The number of piperidine rings is 1. The molecule has 1 saturated heterocycles. The van der Waals surface area contributed by atoms with Crippen molar-refractivity contribution in [3.05, 3.63) is 36.5 Å². The largest absolute Gasteiger partial charge is 0.313 e. The minimum atomic E-state index is -3.57. The van der Waals surface area contributed by atoms with Gasteiger partial charge in [0.05, 0.1) is 5.52 Å². The van der Waals surface area contributed by atoms with Gasteiger partial charge in [-0.1, -0.05) is 18.2 Å². The number of nitrogens with zero attached hydrogens (tertiary/aromatic N) is 1. The Hall–Kier alpha value is -1.50. The third-order valence-electron chi connectivity index (χ3n) is 3.95. The van der Waals surface area contributed by atoms with E-state index in [0.717, 1.165) is 24.8 Å². The third-order valence-corrected chi connectivity index (χ3v) is 5.48. The predicted molar refractivity (Wildman–Crippen MR) is 82.6 cm³/mol. The van der Waals surface area contributed by atoms with Crippen LogP contribution in [0, 0.1) is 0 Å². The number of hydrogen-bond acceptors (Lipinski definition) is 4.